The van der Waals surface area contributed by atoms with Gasteiger partial charge >= 0.3 is 0 Å². The summed E-state index contributed by atoms with van der Waals surface area (Å²) in [5.74, 6) is 0.653. The number of nitrogens with zero attached hydrogens (tertiary/aromatic N) is 1. The number of methoxy groups -OCH3 is 1. The quantitative estimate of drug-likeness (QED) is 0.844. The third kappa shape index (κ3) is 3.15. The fourth-order valence-corrected chi connectivity index (χ4v) is 3.69. The summed E-state index contributed by atoms with van der Waals surface area (Å²) in [6.07, 6.45) is 0. The molecule has 0 aromatic heterocycles. The zero-order valence-electron chi connectivity index (χ0n) is 11.6. The summed E-state index contributed by atoms with van der Waals surface area (Å²) in [6.45, 7) is 5.83. The van der Waals surface area contributed by atoms with Gasteiger partial charge in [-0.15, -0.1) is 0 Å². The van der Waals surface area contributed by atoms with Crippen molar-refractivity contribution in [3.8, 4) is 5.75 Å². The summed E-state index contributed by atoms with van der Waals surface area (Å²) in [5.41, 5.74) is 6.95. The number of hydrogen-bond acceptors (Lipinski definition) is 4. The van der Waals surface area contributed by atoms with Gasteiger partial charge in [0.2, 0.25) is 0 Å². The number of ether oxygens (including phenoxy) is 1. The van der Waals surface area contributed by atoms with Gasteiger partial charge in [0.15, 0.2) is 0 Å². The molecule has 0 bridgehead atoms. The molecule has 1 aliphatic heterocycles. The van der Waals surface area contributed by atoms with Crippen LogP contribution in [-0.4, -0.2) is 41.5 Å². The van der Waals surface area contributed by atoms with E-state index in [1.807, 2.05) is 16.7 Å². The van der Waals surface area contributed by atoms with E-state index in [-0.39, 0.29) is 5.91 Å². The number of benzene rings is 1. The molecule has 1 saturated heterocycles. The van der Waals surface area contributed by atoms with Gasteiger partial charge in [-0.3, -0.25) is 4.79 Å². The first kappa shape index (κ1) is 14.1. The second-order valence-electron chi connectivity index (χ2n) is 4.92. The summed E-state index contributed by atoms with van der Waals surface area (Å²) in [5, 5.41) is 0.916. The molecule has 1 aromatic rings. The van der Waals surface area contributed by atoms with Gasteiger partial charge in [-0.1, -0.05) is 13.8 Å². The van der Waals surface area contributed by atoms with Crippen molar-refractivity contribution in [2.45, 2.75) is 24.3 Å². The van der Waals surface area contributed by atoms with E-state index in [1.165, 1.54) is 0 Å². The van der Waals surface area contributed by atoms with Crippen LogP contribution in [0.1, 0.15) is 24.2 Å². The average molecular weight is 280 g/mol. The smallest absolute Gasteiger partial charge is 0.256 e. The minimum Gasteiger partial charge on any atom is -0.497 e. The third-order valence-corrected chi connectivity index (χ3v) is 4.43. The molecule has 1 amide bonds. The second kappa shape index (κ2) is 5.74. The number of hydrogen-bond donors (Lipinski definition) is 1. The van der Waals surface area contributed by atoms with Crippen LogP contribution >= 0.6 is 11.8 Å². The van der Waals surface area contributed by atoms with Crippen molar-refractivity contribution in [2.24, 2.45) is 0 Å². The molecule has 0 aliphatic carbocycles. The van der Waals surface area contributed by atoms with Crippen LogP contribution in [0, 0.1) is 0 Å². The predicted molar refractivity (Wildman–Crippen MR) is 79.8 cm³/mol. The Labute approximate surface area is 118 Å². The van der Waals surface area contributed by atoms with Crippen molar-refractivity contribution < 1.29 is 9.53 Å². The number of carbonyl (C=O) groups is 1. The minimum absolute atomic E-state index is 0.00426. The standard InChI is InChI=1S/C14H20N2O2S/c1-9-7-16(8-10(2)19-9)14(17)12-6-11(18-3)4-5-13(12)15/h4-6,9-10H,7-8,15H2,1-3H3. The Morgan fingerprint density at radius 2 is 2.00 bits per heavy atom. The van der Waals surface area contributed by atoms with E-state index in [0.717, 1.165) is 13.1 Å². The maximum Gasteiger partial charge on any atom is 0.256 e. The van der Waals surface area contributed by atoms with Gasteiger partial charge < -0.3 is 15.4 Å². The lowest BCUT2D eigenvalue weighted by Gasteiger charge is -2.34. The molecule has 104 valence electrons. The fourth-order valence-electron chi connectivity index (χ4n) is 2.36. The van der Waals surface area contributed by atoms with Crippen LogP contribution in [0.5, 0.6) is 5.75 Å². The van der Waals surface area contributed by atoms with E-state index < -0.39 is 0 Å². The molecule has 5 heteroatoms. The zero-order valence-corrected chi connectivity index (χ0v) is 12.4. The molecule has 2 rings (SSSR count). The lowest BCUT2D eigenvalue weighted by atomic mass is 10.1. The van der Waals surface area contributed by atoms with Crippen molar-refractivity contribution in [3.05, 3.63) is 23.8 Å². The molecule has 0 radical (unpaired) electrons. The molecular weight excluding hydrogens is 260 g/mol. The third-order valence-electron chi connectivity index (χ3n) is 3.20. The second-order valence-corrected chi connectivity index (χ2v) is 6.80. The maximum atomic E-state index is 12.6. The molecule has 2 atom stereocenters. The number of carbonyl (C=O) groups excluding carboxylic acids is 1. The van der Waals surface area contributed by atoms with Crippen LogP contribution in [0.2, 0.25) is 0 Å². The molecule has 0 saturated carbocycles. The van der Waals surface area contributed by atoms with Gasteiger partial charge in [-0.05, 0) is 18.2 Å². The van der Waals surface area contributed by atoms with Gasteiger partial charge in [0.25, 0.3) is 5.91 Å². The highest BCUT2D eigenvalue weighted by Gasteiger charge is 2.27. The van der Waals surface area contributed by atoms with E-state index in [0.29, 0.717) is 27.5 Å². The molecule has 1 aromatic carbocycles. The van der Waals surface area contributed by atoms with Crippen LogP contribution in [0.4, 0.5) is 5.69 Å². The van der Waals surface area contributed by atoms with E-state index in [9.17, 15) is 4.79 Å². The van der Waals surface area contributed by atoms with Crippen LogP contribution in [-0.2, 0) is 0 Å². The van der Waals surface area contributed by atoms with Crippen LogP contribution in [0.15, 0.2) is 18.2 Å². The zero-order chi connectivity index (χ0) is 14.0. The normalized spacial score (nSPS) is 23.2. The number of anilines is 1. The summed E-state index contributed by atoms with van der Waals surface area (Å²) >= 11 is 1.92. The van der Waals surface area contributed by atoms with E-state index in [4.69, 9.17) is 10.5 Å². The average Bonchev–Trinajstić information content (AvgIpc) is 2.37. The van der Waals surface area contributed by atoms with Crippen molar-refractivity contribution in [3.63, 3.8) is 0 Å². The van der Waals surface area contributed by atoms with Gasteiger partial charge in [0, 0.05) is 29.3 Å². The van der Waals surface area contributed by atoms with Gasteiger partial charge in [-0.25, -0.2) is 0 Å². The highest BCUT2D eigenvalue weighted by Crippen LogP contribution is 2.27. The first-order valence-corrected chi connectivity index (χ1v) is 7.33. The summed E-state index contributed by atoms with van der Waals surface area (Å²) in [4.78, 5) is 14.4. The molecule has 19 heavy (non-hydrogen) atoms. The number of rotatable bonds is 2. The highest BCUT2D eigenvalue weighted by atomic mass is 32.2. The topological polar surface area (TPSA) is 55.6 Å². The highest BCUT2D eigenvalue weighted by molar-refractivity contribution is 8.00. The van der Waals surface area contributed by atoms with E-state index in [1.54, 1.807) is 25.3 Å². The molecule has 0 spiro atoms. The lowest BCUT2D eigenvalue weighted by molar-refractivity contribution is 0.0754. The van der Waals surface area contributed by atoms with E-state index in [2.05, 4.69) is 13.8 Å². The number of thioether (sulfide) groups is 1. The van der Waals surface area contributed by atoms with Crippen LogP contribution in [0.3, 0.4) is 0 Å². The Hall–Kier alpha value is -1.36. The van der Waals surface area contributed by atoms with Gasteiger partial charge in [0.05, 0.1) is 12.7 Å². The molecule has 1 heterocycles. The first-order chi connectivity index (χ1) is 9.01. The fraction of sp³-hybridized carbons (Fsp3) is 0.500. The van der Waals surface area contributed by atoms with Crippen LogP contribution in [0.25, 0.3) is 0 Å². The summed E-state index contributed by atoms with van der Waals surface area (Å²) in [7, 11) is 1.58. The van der Waals surface area contributed by atoms with Crippen molar-refractivity contribution in [2.75, 3.05) is 25.9 Å². The Morgan fingerprint density at radius 3 is 2.58 bits per heavy atom. The van der Waals surface area contributed by atoms with E-state index >= 15 is 0 Å². The molecular formula is C14H20N2O2S. The minimum atomic E-state index is -0.00426. The SMILES string of the molecule is COc1ccc(N)c(C(=O)N2CC(C)SC(C)C2)c1. The maximum absolute atomic E-state index is 12.6. The largest absolute Gasteiger partial charge is 0.497 e. The molecule has 4 nitrogen and oxygen atoms in total. The molecule has 1 aliphatic rings. The number of amides is 1. The number of nitrogens with two attached hydrogens (primary N) is 1. The van der Waals surface area contributed by atoms with Gasteiger partial charge in [0.1, 0.15) is 5.75 Å². The number of nitrogen functional groups attached to an aromatic ring is 1. The Kier molecular flexibility index (Phi) is 4.24. The van der Waals surface area contributed by atoms with Crippen molar-refractivity contribution in [1.29, 1.82) is 0 Å². The predicted octanol–water partition coefficient (Wildman–Crippen LogP) is 2.24. The Balaban J connectivity index is 2.23. The summed E-state index contributed by atoms with van der Waals surface area (Å²) in [6, 6.07) is 5.20. The van der Waals surface area contributed by atoms with Crippen LogP contribution < -0.4 is 10.5 Å². The molecule has 2 N–H and O–H groups in total. The lowest BCUT2D eigenvalue weighted by Crippen LogP contribution is -2.44. The van der Waals surface area contributed by atoms with Crippen molar-refractivity contribution in [1.82, 2.24) is 4.90 Å². The first-order valence-electron chi connectivity index (χ1n) is 6.39. The molecule has 1 fully saturated rings. The summed E-state index contributed by atoms with van der Waals surface area (Å²) < 4.78 is 5.16. The Morgan fingerprint density at radius 1 is 1.37 bits per heavy atom. The van der Waals surface area contributed by atoms with Crippen molar-refractivity contribution >= 4 is 23.4 Å². The monoisotopic (exact) mass is 280 g/mol. The molecule has 2 unspecified atom stereocenters. The van der Waals surface area contributed by atoms with Gasteiger partial charge in [-0.2, -0.15) is 11.8 Å². The Bertz CT molecular complexity index is 469.